The Balaban J connectivity index is 1.51. The molecule has 0 spiro atoms. The molecule has 5 nitrogen and oxygen atoms in total. The van der Waals surface area contributed by atoms with Gasteiger partial charge < -0.3 is 8.83 Å². The van der Waals surface area contributed by atoms with Crippen LogP contribution in [0.1, 0.15) is 16.3 Å². The average Bonchev–Trinajstić information content (AvgIpc) is 3.30. The minimum atomic E-state index is -0.400. The number of nitrogens with zero attached hydrogens (tertiary/aromatic N) is 1. The maximum atomic E-state index is 12.2. The maximum absolute atomic E-state index is 12.2. The van der Waals surface area contributed by atoms with Crippen LogP contribution in [0.4, 0.5) is 0 Å². The largest absolute Gasteiger partial charge is 0.465 e. The molecule has 4 aromatic rings. The lowest BCUT2D eigenvalue weighted by molar-refractivity contribution is 0.0929. The van der Waals surface area contributed by atoms with Crippen molar-refractivity contribution >= 4 is 39.9 Å². The third-order valence-corrected chi connectivity index (χ3v) is 3.78. The number of benzene rings is 2. The molecular weight excluding hydrogens is 316 g/mol. The van der Waals surface area contributed by atoms with Crippen LogP contribution in [0.15, 0.2) is 80.9 Å². The zero-order chi connectivity index (χ0) is 17.1. The van der Waals surface area contributed by atoms with E-state index < -0.39 is 5.91 Å². The van der Waals surface area contributed by atoms with E-state index in [-0.39, 0.29) is 5.76 Å². The standard InChI is InChI=1S/C20H14N2O3/c23-20(22-21-11-3-6-15-7-4-12-24-15)19-13-17-16-8-2-1-5-14(16)9-10-18(17)25-19/h1-13H,(H,22,23). The van der Waals surface area contributed by atoms with E-state index in [2.05, 4.69) is 10.5 Å². The number of amides is 1. The van der Waals surface area contributed by atoms with Crippen molar-refractivity contribution in [1.82, 2.24) is 5.43 Å². The van der Waals surface area contributed by atoms with Crippen LogP contribution < -0.4 is 5.43 Å². The van der Waals surface area contributed by atoms with Crippen LogP contribution in [-0.2, 0) is 0 Å². The first kappa shape index (κ1) is 15.0. The van der Waals surface area contributed by atoms with Crippen molar-refractivity contribution in [3.8, 4) is 0 Å². The number of allylic oxidation sites excluding steroid dienone is 1. The molecule has 0 aliphatic carbocycles. The van der Waals surface area contributed by atoms with Crippen LogP contribution in [0.5, 0.6) is 0 Å². The summed E-state index contributed by atoms with van der Waals surface area (Å²) in [6.45, 7) is 0. The molecule has 1 amide bonds. The molecule has 1 N–H and O–H groups in total. The van der Waals surface area contributed by atoms with Gasteiger partial charge in [0.2, 0.25) is 0 Å². The number of carbonyl (C=O) groups is 1. The van der Waals surface area contributed by atoms with Gasteiger partial charge in [-0.1, -0.05) is 30.3 Å². The number of nitrogens with one attached hydrogen (secondary N) is 1. The molecule has 2 aromatic heterocycles. The van der Waals surface area contributed by atoms with Crippen molar-refractivity contribution in [2.75, 3.05) is 0 Å². The molecule has 2 heterocycles. The predicted molar refractivity (Wildman–Crippen MR) is 97.4 cm³/mol. The molecule has 25 heavy (non-hydrogen) atoms. The molecule has 2 aromatic carbocycles. The second kappa shape index (κ2) is 6.49. The first-order valence-corrected chi connectivity index (χ1v) is 7.76. The lowest BCUT2D eigenvalue weighted by atomic mass is 10.1. The molecule has 0 atom stereocenters. The summed E-state index contributed by atoms with van der Waals surface area (Å²) >= 11 is 0. The van der Waals surface area contributed by atoms with Gasteiger partial charge in [-0.2, -0.15) is 5.10 Å². The lowest BCUT2D eigenvalue weighted by Gasteiger charge is -1.96. The van der Waals surface area contributed by atoms with Crippen LogP contribution in [0.25, 0.3) is 27.8 Å². The number of furan rings is 2. The van der Waals surface area contributed by atoms with Crippen LogP contribution in [0.2, 0.25) is 0 Å². The monoisotopic (exact) mass is 330 g/mol. The first-order valence-electron chi connectivity index (χ1n) is 7.76. The van der Waals surface area contributed by atoms with Gasteiger partial charge in [0.25, 0.3) is 0 Å². The molecule has 0 saturated heterocycles. The second-order valence-electron chi connectivity index (χ2n) is 5.40. The topological polar surface area (TPSA) is 67.7 Å². The Hall–Kier alpha value is -3.60. The van der Waals surface area contributed by atoms with Crippen molar-refractivity contribution < 1.29 is 13.6 Å². The van der Waals surface area contributed by atoms with Gasteiger partial charge in [0.15, 0.2) is 5.76 Å². The van der Waals surface area contributed by atoms with Gasteiger partial charge in [-0.3, -0.25) is 4.79 Å². The van der Waals surface area contributed by atoms with Crippen LogP contribution in [-0.4, -0.2) is 12.1 Å². The van der Waals surface area contributed by atoms with Crippen molar-refractivity contribution in [2.45, 2.75) is 0 Å². The van der Waals surface area contributed by atoms with Crippen molar-refractivity contribution in [3.63, 3.8) is 0 Å². The Morgan fingerprint density at radius 1 is 1.04 bits per heavy atom. The average molecular weight is 330 g/mol. The summed E-state index contributed by atoms with van der Waals surface area (Å²) in [5.74, 6) is 0.531. The Kier molecular flexibility index (Phi) is 3.88. The van der Waals surface area contributed by atoms with Crippen molar-refractivity contribution in [2.24, 2.45) is 5.10 Å². The minimum absolute atomic E-state index is 0.221. The SMILES string of the molecule is O=C(NN=CC=Cc1ccco1)c1cc2c(ccc3ccccc32)o1. The Labute approximate surface area is 143 Å². The van der Waals surface area contributed by atoms with E-state index in [1.54, 1.807) is 30.5 Å². The molecule has 0 aliphatic heterocycles. The molecule has 0 saturated carbocycles. The second-order valence-corrected chi connectivity index (χ2v) is 5.40. The predicted octanol–water partition coefficient (Wildman–Crippen LogP) is 4.61. The molecular formula is C20H14N2O3. The molecule has 0 radical (unpaired) electrons. The summed E-state index contributed by atoms with van der Waals surface area (Å²) in [5, 5.41) is 6.92. The normalized spacial score (nSPS) is 11.8. The van der Waals surface area contributed by atoms with Gasteiger partial charge >= 0.3 is 5.91 Å². The third-order valence-electron chi connectivity index (χ3n) is 3.78. The highest BCUT2D eigenvalue weighted by Crippen LogP contribution is 2.28. The number of hydrogen-bond acceptors (Lipinski definition) is 4. The van der Waals surface area contributed by atoms with Gasteiger partial charge in [0, 0.05) is 11.6 Å². The van der Waals surface area contributed by atoms with Crippen molar-refractivity contribution in [1.29, 1.82) is 0 Å². The summed E-state index contributed by atoms with van der Waals surface area (Å²) in [6.07, 6.45) is 6.47. The smallest absolute Gasteiger partial charge is 0.307 e. The van der Waals surface area contributed by atoms with Gasteiger partial charge in [-0.05, 0) is 47.2 Å². The molecule has 0 aliphatic rings. The number of hydrogen-bond donors (Lipinski definition) is 1. The quantitative estimate of drug-likeness (QED) is 0.439. The fraction of sp³-hybridized carbons (Fsp3) is 0. The molecule has 122 valence electrons. The first-order chi connectivity index (χ1) is 12.3. The van der Waals surface area contributed by atoms with E-state index in [1.165, 1.54) is 6.21 Å². The van der Waals surface area contributed by atoms with Crippen LogP contribution in [0, 0.1) is 0 Å². The minimum Gasteiger partial charge on any atom is -0.465 e. The van der Waals surface area contributed by atoms with E-state index in [1.807, 2.05) is 42.5 Å². The number of fused-ring (bicyclic) bond motifs is 3. The number of hydrazone groups is 1. The van der Waals surface area contributed by atoms with Gasteiger partial charge in [-0.15, -0.1) is 0 Å². The van der Waals surface area contributed by atoms with E-state index in [0.29, 0.717) is 11.3 Å². The summed E-state index contributed by atoms with van der Waals surface area (Å²) in [4.78, 5) is 12.2. The van der Waals surface area contributed by atoms with Gasteiger partial charge in [0.05, 0.1) is 6.26 Å². The van der Waals surface area contributed by atoms with Gasteiger partial charge in [-0.25, -0.2) is 5.43 Å². The lowest BCUT2D eigenvalue weighted by Crippen LogP contribution is -2.16. The number of carbonyl (C=O) groups excluding carboxylic acids is 1. The van der Waals surface area contributed by atoms with E-state index in [9.17, 15) is 4.79 Å². The molecule has 0 fully saturated rings. The zero-order valence-electron chi connectivity index (χ0n) is 13.2. The van der Waals surface area contributed by atoms with Crippen molar-refractivity contribution in [3.05, 3.63) is 78.5 Å². The molecule has 5 heteroatoms. The molecule has 0 bridgehead atoms. The van der Waals surface area contributed by atoms with Crippen LogP contribution >= 0.6 is 0 Å². The molecule has 0 unspecified atom stereocenters. The number of rotatable bonds is 4. The Bertz CT molecular complexity index is 1090. The van der Waals surface area contributed by atoms with E-state index in [0.717, 1.165) is 16.2 Å². The van der Waals surface area contributed by atoms with E-state index in [4.69, 9.17) is 8.83 Å². The summed E-state index contributed by atoms with van der Waals surface area (Å²) in [5.41, 5.74) is 3.11. The zero-order valence-corrected chi connectivity index (χ0v) is 13.2. The highest BCUT2D eigenvalue weighted by molar-refractivity contribution is 6.08. The third kappa shape index (κ3) is 3.07. The Morgan fingerprint density at radius 3 is 2.84 bits per heavy atom. The summed E-state index contributed by atoms with van der Waals surface area (Å²) in [6, 6.07) is 17.2. The fourth-order valence-electron chi connectivity index (χ4n) is 2.62. The Morgan fingerprint density at radius 2 is 1.96 bits per heavy atom. The van der Waals surface area contributed by atoms with E-state index >= 15 is 0 Å². The fourth-order valence-corrected chi connectivity index (χ4v) is 2.62. The summed E-state index contributed by atoms with van der Waals surface area (Å²) < 4.78 is 10.8. The molecule has 4 rings (SSSR count). The highest BCUT2D eigenvalue weighted by atomic mass is 16.3. The van der Waals surface area contributed by atoms with Crippen LogP contribution in [0.3, 0.4) is 0 Å². The van der Waals surface area contributed by atoms with Gasteiger partial charge in [0.1, 0.15) is 11.3 Å². The highest BCUT2D eigenvalue weighted by Gasteiger charge is 2.13. The maximum Gasteiger partial charge on any atom is 0.307 e. The summed E-state index contributed by atoms with van der Waals surface area (Å²) in [7, 11) is 0.